The minimum atomic E-state index is -0.338. The fourth-order valence-corrected chi connectivity index (χ4v) is 2.70. The maximum Gasteiger partial charge on any atom is 0.262 e. The summed E-state index contributed by atoms with van der Waals surface area (Å²) in [5.74, 6) is -0.537. The number of hydrogen-bond donors (Lipinski definition) is 3. The fourth-order valence-electron chi connectivity index (χ4n) is 2.70. The van der Waals surface area contributed by atoms with Gasteiger partial charge in [0.15, 0.2) is 0 Å². The molecule has 108 valence electrons. The third-order valence-electron chi connectivity index (χ3n) is 3.74. The van der Waals surface area contributed by atoms with Crippen LogP contribution in [0.5, 0.6) is 11.5 Å². The van der Waals surface area contributed by atoms with E-state index in [9.17, 15) is 15.0 Å². The lowest BCUT2D eigenvalue weighted by Gasteiger charge is -2.30. The molecule has 5 heteroatoms. The molecule has 0 saturated carbocycles. The van der Waals surface area contributed by atoms with Gasteiger partial charge in [0.05, 0.1) is 5.56 Å². The number of nitrogen functional groups attached to an aromatic ring is 1. The number of hydrogen-bond acceptors (Lipinski definition) is 4. The zero-order valence-corrected chi connectivity index (χ0v) is 11.4. The van der Waals surface area contributed by atoms with E-state index in [0.29, 0.717) is 12.2 Å². The summed E-state index contributed by atoms with van der Waals surface area (Å²) in [7, 11) is 0. The Morgan fingerprint density at radius 2 is 2.00 bits per heavy atom. The summed E-state index contributed by atoms with van der Waals surface area (Å²) in [6.07, 6.45) is 1.64. The largest absolute Gasteiger partial charge is 0.508 e. The van der Waals surface area contributed by atoms with Gasteiger partial charge in [-0.05, 0) is 48.7 Å². The molecule has 1 amide bonds. The molecule has 21 heavy (non-hydrogen) atoms. The highest BCUT2D eigenvalue weighted by Gasteiger charge is 2.26. The first-order valence-corrected chi connectivity index (χ1v) is 6.79. The Kier molecular flexibility index (Phi) is 3.17. The maximum atomic E-state index is 12.7. The zero-order chi connectivity index (χ0) is 15.0. The molecule has 0 bridgehead atoms. The molecular weight excluding hydrogens is 268 g/mol. The van der Waals surface area contributed by atoms with Gasteiger partial charge in [-0.3, -0.25) is 4.79 Å². The van der Waals surface area contributed by atoms with Crippen LogP contribution in [0, 0.1) is 0 Å². The van der Waals surface area contributed by atoms with Crippen LogP contribution in [0.2, 0.25) is 0 Å². The number of nitrogens with two attached hydrogens (primary N) is 1. The first kappa shape index (κ1) is 13.3. The average molecular weight is 284 g/mol. The van der Waals surface area contributed by atoms with Gasteiger partial charge in [0.25, 0.3) is 5.91 Å². The summed E-state index contributed by atoms with van der Waals surface area (Å²) >= 11 is 0. The van der Waals surface area contributed by atoms with Gasteiger partial charge in [-0.2, -0.15) is 0 Å². The van der Waals surface area contributed by atoms with E-state index in [-0.39, 0.29) is 23.0 Å². The number of phenolic OH excluding ortho intramolecular Hbond substituents is 2. The number of rotatable bonds is 1. The Morgan fingerprint density at radius 1 is 1.19 bits per heavy atom. The van der Waals surface area contributed by atoms with Crippen molar-refractivity contribution in [2.24, 2.45) is 0 Å². The highest BCUT2D eigenvalue weighted by atomic mass is 16.3. The second-order valence-corrected chi connectivity index (χ2v) is 5.11. The average Bonchev–Trinajstić information content (AvgIpc) is 2.49. The quantitative estimate of drug-likeness (QED) is 0.554. The molecule has 0 saturated heterocycles. The summed E-state index contributed by atoms with van der Waals surface area (Å²) in [6.45, 7) is 0.560. The van der Waals surface area contributed by atoms with Gasteiger partial charge in [0.1, 0.15) is 11.5 Å². The van der Waals surface area contributed by atoms with E-state index in [1.807, 2.05) is 18.2 Å². The van der Waals surface area contributed by atoms with Gasteiger partial charge < -0.3 is 20.8 Å². The summed E-state index contributed by atoms with van der Waals surface area (Å²) < 4.78 is 0. The maximum absolute atomic E-state index is 12.7. The third kappa shape index (κ3) is 2.27. The highest BCUT2D eigenvalue weighted by Crippen LogP contribution is 2.33. The van der Waals surface area contributed by atoms with Crippen molar-refractivity contribution in [3.05, 3.63) is 47.5 Å². The predicted molar refractivity (Wildman–Crippen MR) is 80.6 cm³/mol. The van der Waals surface area contributed by atoms with Crippen molar-refractivity contribution in [1.29, 1.82) is 0 Å². The molecule has 2 aromatic carbocycles. The molecule has 1 aliphatic heterocycles. The van der Waals surface area contributed by atoms with Crippen LogP contribution in [-0.2, 0) is 6.42 Å². The Bertz CT molecular complexity index is 713. The van der Waals surface area contributed by atoms with Gasteiger partial charge in [0.2, 0.25) is 0 Å². The van der Waals surface area contributed by atoms with Crippen LogP contribution in [0.3, 0.4) is 0 Å². The smallest absolute Gasteiger partial charge is 0.262 e. The summed E-state index contributed by atoms with van der Waals surface area (Å²) in [5, 5.41) is 19.4. The first-order chi connectivity index (χ1) is 10.1. The number of phenols is 2. The zero-order valence-electron chi connectivity index (χ0n) is 11.4. The number of aromatic hydroxyl groups is 2. The van der Waals surface area contributed by atoms with E-state index in [1.54, 1.807) is 4.90 Å². The molecular formula is C16H16N2O3. The van der Waals surface area contributed by atoms with Crippen molar-refractivity contribution >= 4 is 17.3 Å². The molecule has 0 aliphatic carbocycles. The minimum absolute atomic E-state index is 0.0547. The number of amides is 1. The predicted octanol–water partition coefficient (Wildman–Crippen LogP) is 2.27. The molecule has 1 heterocycles. The molecule has 0 atom stereocenters. The van der Waals surface area contributed by atoms with E-state index in [2.05, 4.69) is 0 Å². The third-order valence-corrected chi connectivity index (χ3v) is 3.74. The van der Waals surface area contributed by atoms with Gasteiger partial charge in [-0.25, -0.2) is 0 Å². The van der Waals surface area contributed by atoms with Crippen LogP contribution in [0.15, 0.2) is 36.4 Å². The van der Waals surface area contributed by atoms with Gasteiger partial charge in [0, 0.05) is 17.9 Å². The minimum Gasteiger partial charge on any atom is -0.508 e. The van der Waals surface area contributed by atoms with Crippen molar-refractivity contribution in [3.8, 4) is 11.5 Å². The van der Waals surface area contributed by atoms with Gasteiger partial charge >= 0.3 is 0 Å². The van der Waals surface area contributed by atoms with Crippen LogP contribution in [-0.4, -0.2) is 22.7 Å². The summed E-state index contributed by atoms with van der Waals surface area (Å²) in [5.41, 5.74) is 8.46. The van der Waals surface area contributed by atoms with Crippen LogP contribution in [0.1, 0.15) is 22.3 Å². The lowest BCUT2D eigenvalue weighted by atomic mass is 9.99. The Labute approximate surface area is 122 Å². The van der Waals surface area contributed by atoms with E-state index >= 15 is 0 Å². The Morgan fingerprint density at radius 3 is 2.81 bits per heavy atom. The van der Waals surface area contributed by atoms with Crippen LogP contribution >= 0.6 is 0 Å². The van der Waals surface area contributed by atoms with E-state index in [4.69, 9.17) is 5.73 Å². The SMILES string of the molecule is Nc1cccc2c1CCCN2C(=O)c1cc(O)ccc1O. The van der Waals surface area contributed by atoms with E-state index < -0.39 is 0 Å². The molecule has 0 aromatic heterocycles. The lowest BCUT2D eigenvalue weighted by molar-refractivity contribution is 0.0982. The van der Waals surface area contributed by atoms with E-state index in [1.165, 1.54) is 18.2 Å². The molecule has 0 radical (unpaired) electrons. The fraction of sp³-hybridized carbons (Fsp3) is 0.188. The number of nitrogens with zero attached hydrogens (tertiary/aromatic N) is 1. The van der Waals surface area contributed by atoms with Crippen molar-refractivity contribution in [3.63, 3.8) is 0 Å². The summed E-state index contributed by atoms with van der Waals surface area (Å²) in [4.78, 5) is 14.3. The molecule has 0 spiro atoms. The molecule has 1 aliphatic rings. The van der Waals surface area contributed by atoms with Crippen molar-refractivity contribution in [1.82, 2.24) is 0 Å². The molecule has 0 fully saturated rings. The van der Waals surface area contributed by atoms with Crippen molar-refractivity contribution in [2.75, 3.05) is 17.2 Å². The van der Waals surface area contributed by atoms with Gasteiger partial charge in [-0.15, -0.1) is 0 Å². The molecule has 0 unspecified atom stereocenters. The Hall–Kier alpha value is -2.69. The van der Waals surface area contributed by atoms with Crippen molar-refractivity contribution in [2.45, 2.75) is 12.8 Å². The second kappa shape index (κ2) is 5.01. The van der Waals surface area contributed by atoms with Crippen LogP contribution < -0.4 is 10.6 Å². The molecule has 2 aromatic rings. The molecule has 4 N–H and O–H groups in total. The lowest BCUT2D eigenvalue weighted by Crippen LogP contribution is -2.35. The number of carbonyl (C=O) groups is 1. The standard InChI is InChI=1S/C16H16N2O3/c17-13-4-1-5-14-11(13)3-2-8-18(14)16(21)12-9-10(19)6-7-15(12)20/h1,4-7,9,19-20H,2-3,8,17H2. The number of benzene rings is 2. The normalized spacial score (nSPS) is 13.8. The molecule has 5 nitrogen and oxygen atoms in total. The number of fused-ring (bicyclic) bond motifs is 1. The molecule has 3 rings (SSSR count). The topological polar surface area (TPSA) is 86.8 Å². The Balaban J connectivity index is 2.04. The van der Waals surface area contributed by atoms with Crippen LogP contribution in [0.4, 0.5) is 11.4 Å². The second-order valence-electron chi connectivity index (χ2n) is 5.11. The highest BCUT2D eigenvalue weighted by molar-refractivity contribution is 6.09. The number of carbonyl (C=O) groups excluding carboxylic acids is 1. The van der Waals surface area contributed by atoms with Gasteiger partial charge in [-0.1, -0.05) is 6.07 Å². The monoisotopic (exact) mass is 284 g/mol. The number of anilines is 2. The van der Waals surface area contributed by atoms with Crippen molar-refractivity contribution < 1.29 is 15.0 Å². The van der Waals surface area contributed by atoms with Crippen LogP contribution in [0.25, 0.3) is 0 Å². The first-order valence-electron chi connectivity index (χ1n) is 6.79. The van der Waals surface area contributed by atoms with E-state index in [0.717, 1.165) is 24.1 Å². The summed E-state index contributed by atoms with van der Waals surface area (Å²) in [6, 6.07) is 9.41.